The third-order valence-corrected chi connectivity index (χ3v) is 4.05. The van der Waals surface area contributed by atoms with Crippen molar-refractivity contribution in [1.82, 2.24) is 4.72 Å². The molecule has 1 amide bonds. The topological polar surface area (TPSA) is 113 Å². The number of rotatable bonds is 4. The van der Waals surface area contributed by atoms with Gasteiger partial charge in [0.15, 0.2) is 0 Å². The third kappa shape index (κ3) is 3.06. The Bertz CT molecular complexity index is 617. The highest BCUT2D eigenvalue weighted by molar-refractivity contribution is 7.89. The van der Waals surface area contributed by atoms with E-state index >= 15 is 0 Å². The summed E-state index contributed by atoms with van der Waals surface area (Å²) in [4.78, 5) is 10.9. The number of hydrogen-bond donors (Lipinski definition) is 2. The van der Waals surface area contributed by atoms with Gasteiger partial charge in [0.25, 0.3) is 0 Å². The molecule has 18 heavy (non-hydrogen) atoms. The Kier molecular flexibility index (Phi) is 4.06. The van der Waals surface area contributed by atoms with Crippen molar-refractivity contribution in [3.63, 3.8) is 0 Å². The summed E-state index contributed by atoms with van der Waals surface area (Å²) in [5.41, 5.74) is 5.79. The molecule has 0 aromatic heterocycles. The molecule has 1 unspecified atom stereocenters. The molecule has 0 heterocycles. The van der Waals surface area contributed by atoms with Crippen LogP contribution in [0.1, 0.15) is 18.1 Å². The van der Waals surface area contributed by atoms with Crippen molar-refractivity contribution in [3.8, 4) is 6.07 Å². The van der Waals surface area contributed by atoms with Crippen molar-refractivity contribution < 1.29 is 13.2 Å². The number of amides is 1. The maximum absolute atomic E-state index is 12.0. The van der Waals surface area contributed by atoms with Crippen LogP contribution in [0.15, 0.2) is 23.1 Å². The van der Waals surface area contributed by atoms with Crippen LogP contribution in [0, 0.1) is 18.3 Å². The summed E-state index contributed by atoms with van der Waals surface area (Å²) >= 11 is 0. The Morgan fingerprint density at radius 2 is 2.11 bits per heavy atom. The SMILES string of the molecule is Cc1cc(C#N)ccc1S(=O)(=O)NC(C)C(N)=O. The van der Waals surface area contributed by atoms with Gasteiger partial charge in [-0.05, 0) is 37.6 Å². The predicted molar refractivity (Wildman–Crippen MR) is 64.9 cm³/mol. The molecule has 1 aromatic carbocycles. The van der Waals surface area contributed by atoms with Crippen LogP contribution < -0.4 is 10.5 Å². The second-order valence-electron chi connectivity index (χ2n) is 3.84. The third-order valence-electron chi connectivity index (χ3n) is 2.35. The minimum Gasteiger partial charge on any atom is -0.368 e. The number of carbonyl (C=O) groups excluding carboxylic acids is 1. The van der Waals surface area contributed by atoms with E-state index in [1.54, 1.807) is 6.92 Å². The smallest absolute Gasteiger partial charge is 0.241 e. The van der Waals surface area contributed by atoms with Gasteiger partial charge in [0.05, 0.1) is 22.6 Å². The fourth-order valence-corrected chi connectivity index (χ4v) is 2.81. The first-order valence-electron chi connectivity index (χ1n) is 5.10. The Morgan fingerprint density at radius 3 is 2.56 bits per heavy atom. The lowest BCUT2D eigenvalue weighted by Crippen LogP contribution is -2.42. The number of primary amides is 1. The van der Waals surface area contributed by atoms with Gasteiger partial charge < -0.3 is 5.73 Å². The van der Waals surface area contributed by atoms with Crippen LogP contribution >= 0.6 is 0 Å². The molecule has 0 aliphatic carbocycles. The molecule has 7 heteroatoms. The van der Waals surface area contributed by atoms with Gasteiger partial charge in [-0.1, -0.05) is 0 Å². The first-order valence-corrected chi connectivity index (χ1v) is 6.58. The number of hydrogen-bond acceptors (Lipinski definition) is 4. The van der Waals surface area contributed by atoms with E-state index in [2.05, 4.69) is 4.72 Å². The van der Waals surface area contributed by atoms with E-state index in [0.717, 1.165) is 0 Å². The molecule has 1 aromatic rings. The van der Waals surface area contributed by atoms with E-state index in [9.17, 15) is 13.2 Å². The summed E-state index contributed by atoms with van der Waals surface area (Å²) in [5, 5.41) is 8.70. The Labute approximate surface area is 105 Å². The lowest BCUT2D eigenvalue weighted by atomic mass is 10.2. The van der Waals surface area contributed by atoms with Crippen LogP contribution in [-0.2, 0) is 14.8 Å². The van der Waals surface area contributed by atoms with Crippen LogP contribution in [0.5, 0.6) is 0 Å². The summed E-state index contributed by atoms with van der Waals surface area (Å²) < 4.78 is 26.1. The molecule has 1 rings (SSSR count). The summed E-state index contributed by atoms with van der Waals surface area (Å²) in [7, 11) is -3.82. The Hall–Kier alpha value is -1.91. The first-order chi connectivity index (χ1) is 8.27. The van der Waals surface area contributed by atoms with Gasteiger partial charge in [0.1, 0.15) is 0 Å². The number of nitrogens with one attached hydrogen (secondary N) is 1. The normalized spacial score (nSPS) is 12.7. The number of nitrogens with two attached hydrogens (primary N) is 1. The molecular formula is C11H13N3O3S. The van der Waals surface area contributed by atoms with Gasteiger partial charge in [-0.25, -0.2) is 8.42 Å². The lowest BCUT2D eigenvalue weighted by Gasteiger charge is -2.12. The van der Waals surface area contributed by atoms with Crippen molar-refractivity contribution in [2.24, 2.45) is 5.73 Å². The van der Waals surface area contributed by atoms with E-state index in [1.807, 2.05) is 6.07 Å². The van der Waals surface area contributed by atoms with Crippen LogP contribution in [0.25, 0.3) is 0 Å². The van der Waals surface area contributed by atoms with E-state index < -0.39 is 22.0 Å². The summed E-state index contributed by atoms with van der Waals surface area (Å²) in [6, 6.07) is 5.11. The zero-order valence-corrected chi connectivity index (χ0v) is 10.8. The lowest BCUT2D eigenvalue weighted by molar-refractivity contribution is -0.119. The van der Waals surface area contributed by atoms with Crippen molar-refractivity contribution >= 4 is 15.9 Å². The maximum atomic E-state index is 12.0. The van der Waals surface area contributed by atoms with Gasteiger partial charge >= 0.3 is 0 Å². The maximum Gasteiger partial charge on any atom is 0.241 e. The van der Waals surface area contributed by atoms with Gasteiger partial charge in [-0.15, -0.1) is 0 Å². The molecule has 3 N–H and O–H groups in total. The Balaban J connectivity index is 3.14. The van der Waals surface area contributed by atoms with E-state index in [1.165, 1.54) is 25.1 Å². The molecule has 96 valence electrons. The Morgan fingerprint density at radius 1 is 1.50 bits per heavy atom. The number of sulfonamides is 1. The summed E-state index contributed by atoms with van der Waals surface area (Å²) in [5.74, 6) is -0.759. The molecular weight excluding hydrogens is 254 g/mol. The van der Waals surface area contributed by atoms with Crippen LogP contribution in [0.4, 0.5) is 0 Å². The summed E-state index contributed by atoms with van der Waals surface area (Å²) in [6.45, 7) is 2.93. The monoisotopic (exact) mass is 267 g/mol. The zero-order valence-electron chi connectivity index (χ0n) is 9.97. The molecule has 0 bridgehead atoms. The minimum absolute atomic E-state index is 0.0228. The molecule has 6 nitrogen and oxygen atoms in total. The second kappa shape index (κ2) is 5.16. The van der Waals surface area contributed by atoms with E-state index in [0.29, 0.717) is 11.1 Å². The zero-order chi connectivity index (χ0) is 13.9. The molecule has 0 spiro atoms. The summed E-state index contributed by atoms with van der Waals surface area (Å²) in [6.07, 6.45) is 0. The molecule has 0 radical (unpaired) electrons. The van der Waals surface area contributed by atoms with Crippen LogP contribution in [-0.4, -0.2) is 20.4 Å². The average Bonchev–Trinajstić information content (AvgIpc) is 2.27. The molecule has 0 aliphatic heterocycles. The van der Waals surface area contributed by atoms with Gasteiger partial charge in [-0.2, -0.15) is 9.98 Å². The standard InChI is InChI=1S/C11H13N3O3S/c1-7-5-9(6-12)3-4-10(7)18(16,17)14-8(2)11(13)15/h3-5,8,14H,1-2H3,(H2,13,15). The molecule has 0 fully saturated rings. The molecule has 0 saturated carbocycles. The number of nitrogens with zero attached hydrogens (tertiary/aromatic N) is 1. The van der Waals surface area contributed by atoms with Crippen molar-refractivity contribution in [3.05, 3.63) is 29.3 Å². The molecule has 1 atom stereocenters. The number of benzene rings is 1. The highest BCUT2D eigenvalue weighted by atomic mass is 32.2. The quantitative estimate of drug-likeness (QED) is 0.800. The van der Waals surface area contributed by atoms with Crippen LogP contribution in [0.2, 0.25) is 0 Å². The predicted octanol–water partition coefficient (Wildman–Crippen LogP) is 0.0188. The fraction of sp³-hybridized carbons (Fsp3) is 0.273. The van der Waals surface area contributed by atoms with Gasteiger partial charge in [0.2, 0.25) is 15.9 Å². The van der Waals surface area contributed by atoms with Crippen molar-refractivity contribution in [1.29, 1.82) is 5.26 Å². The molecule has 0 aliphatic rings. The fourth-order valence-electron chi connectivity index (χ4n) is 1.37. The number of nitriles is 1. The van der Waals surface area contributed by atoms with E-state index in [4.69, 9.17) is 11.0 Å². The highest BCUT2D eigenvalue weighted by Gasteiger charge is 2.21. The largest absolute Gasteiger partial charge is 0.368 e. The van der Waals surface area contributed by atoms with E-state index in [-0.39, 0.29) is 4.90 Å². The molecule has 0 saturated heterocycles. The average molecular weight is 267 g/mol. The van der Waals surface area contributed by atoms with Crippen molar-refractivity contribution in [2.75, 3.05) is 0 Å². The highest BCUT2D eigenvalue weighted by Crippen LogP contribution is 2.16. The number of carbonyl (C=O) groups is 1. The van der Waals surface area contributed by atoms with Gasteiger partial charge in [-0.3, -0.25) is 4.79 Å². The van der Waals surface area contributed by atoms with Crippen LogP contribution in [0.3, 0.4) is 0 Å². The minimum atomic E-state index is -3.82. The van der Waals surface area contributed by atoms with Gasteiger partial charge in [0, 0.05) is 0 Å². The van der Waals surface area contributed by atoms with Crippen molar-refractivity contribution in [2.45, 2.75) is 24.8 Å². The second-order valence-corrected chi connectivity index (χ2v) is 5.52. The first kappa shape index (κ1) is 14.2. The number of aryl methyl sites for hydroxylation is 1.